The Morgan fingerprint density at radius 2 is 1.72 bits per heavy atom. The minimum absolute atomic E-state index is 0.207. The molecule has 2 aliphatic rings. The van der Waals surface area contributed by atoms with E-state index in [9.17, 15) is 0 Å². The van der Waals surface area contributed by atoms with E-state index in [-0.39, 0.29) is 5.54 Å². The highest BCUT2D eigenvalue weighted by atomic mass is 15.1. The predicted molar refractivity (Wildman–Crippen MR) is 78.6 cm³/mol. The van der Waals surface area contributed by atoms with Crippen LogP contribution in [0.4, 0.5) is 0 Å². The number of hydrogen-bond donors (Lipinski definition) is 2. The fourth-order valence-electron chi connectivity index (χ4n) is 4.48. The van der Waals surface area contributed by atoms with Gasteiger partial charge in [-0.2, -0.15) is 0 Å². The van der Waals surface area contributed by atoms with Gasteiger partial charge < -0.3 is 11.1 Å². The van der Waals surface area contributed by atoms with Crippen LogP contribution in [0.5, 0.6) is 0 Å². The number of nitrogens with two attached hydrogens (primary N) is 1. The monoisotopic (exact) mass is 252 g/mol. The van der Waals surface area contributed by atoms with Crippen LogP contribution in [0.2, 0.25) is 0 Å². The molecule has 2 saturated carbocycles. The molecule has 0 aliphatic heterocycles. The highest BCUT2D eigenvalue weighted by Gasteiger charge is 2.48. The van der Waals surface area contributed by atoms with Crippen molar-refractivity contribution in [3.8, 4) is 0 Å². The molecule has 0 saturated heterocycles. The molecule has 0 aromatic rings. The van der Waals surface area contributed by atoms with Crippen LogP contribution in [0.15, 0.2) is 0 Å². The first kappa shape index (κ1) is 14.3. The molecule has 2 aliphatic carbocycles. The molecule has 2 rings (SSSR count). The maximum Gasteiger partial charge on any atom is 0.0337 e. The summed E-state index contributed by atoms with van der Waals surface area (Å²) in [5.41, 5.74) is 6.84. The Morgan fingerprint density at radius 1 is 1.11 bits per heavy atom. The first-order chi connectivity index (χ1) is 8.47. The molecule has 3 N–H and O–H groups in total. The molecule has 0 heterocycles. The lowest BCUT2D eigenvalue weighted by atomic mass is 9.85. The van der Waals surface area contributed by atoms with Crippen LogP contribution in [-0.2, 0) is 0 Å². The summed E-state index contributed by atoms with van der Waals surface area (Å²) in [6, 6.07) is 0.715. The van der Waals surface area contributed by atoms with Crippen LogP contribution in [-0.4, -0.2) is 18.1 Å². The fraction of sp³-hybridized carbons (Fsp3) is 1.00. The van der Waals surface area contributed by atoms with E-state index < -0.39 is 0 Å². The second-order valence-corrected chi connectivity index (χ2v) is 7.64. The van der Waals surface area contributed by atoms with Crippen molar-refractivity contribution in [2.45, 2.75) is 83.7 Å². The minimum atomic E-state index is 0.207. The summed E-state index contributed by atoms with van der Waals surface area (Å²) in [7, 11) is 0. The molecular weight excluding hydrogens is 220 g/mol. The van der Waals surface area contributed by atoms with Crippen LogP contribution >= 0.6 is 0 Å². The molecule has 2 nitrogen and oxygen atoms in total. The van der Waals surface area contributed by atoms with Crippen LogP contribution < -0.4 is 11.1 Å². The molecule has 2 unspecified atom stereocenters. The van der Waals surface area contributed by atoms with Crippen LogP contribution in [0, 0.1) is 11.3 Å². The van der Waals surface area contributed by atoms with E-state index in [0.717, 1.165) is 6.54 Å². The van der Waals surface area contributed by atoms with Crippen molar-refractivity contribution in [1.29, 1.82) is 0 Å². The average molecular weight is 252 g/mol. The van der Waals surface area contributed by atoms with Crippen LogP contribution in [0.25, 0.3) is 0 Å². The summed E-state index contributed by atoms with van der Waals surface area (Å²) in [6.07, 6.45) is 10.9. The molecule has 2 heteroatoms. The van der Waals surface area contributed by atoms with Crippen molar-refractivity contribution in [3.63, 3.8) is 0 Å². The van der Waals surface area contributed by atoms with E-state index in [1.165, 1.54) is 51.4 Å². The van der Waals surface area contributed by atoms with Crippen molar-refractivity contribution in [2.24, 2.45) is 17.1 Å². The average Bonchev–Trinajstić information content (AvgIpc) is 2.49. The third kappa shape index (κ3) is 3.08. The van der Waals surface area contributed by atoms with Crippen LogP contribution in [0.3, 0.4) is 0 Å². The summed E-state index contributed by atoms with van der Waals surface area (Å²) in [4.78, 5) is 0. The Balaban J connectivity index is 2.03. The molecular formula is C16H32N2. The quantitative estimate of drug-likeness (QED) is 0.755. The van der Waals surface area contributed by atoms with E-state index >= 15 is 0 Å². The van der Waals surface area contributed by atoms with E-state index in [1.54, 1.807) is 0 Å². The zero-order valence-corrected chi connectivity index (χ0v) is 12.6. The fourth-order valence-corrected chi connectivity index (χ4v) is 4.48. The number of rotatable bonds is 3. The molecule has 18 heavy (non-hydrogen) atoms. The van der Waals surface area contributed by atoms with Crippen molar-refractivity contribution in [1.82, 2.24) is 5.32 Å². The summed E-state index contributed by atoms with van der Waals surface area (Å²) in [6.45, 7) is 7.99. The van der Waals surface area contributed by atoms with E-state index in [1.807, 2.05) is 0 Å². The van der Waals surface area contributed by atoms with E-state index in [4.69, 9.17) is 5.73 Å². The molecule has 0 amide bonds. The molecule has 0 spiro atoms. The molecule has 0 aromatic heterocycles. The lowest BCUT2D eigenvalue weighted by molar-refractivity contribution is 0.217. The normalized spacial score (nSPS) is 37.7. The highest BCUT2D eigenvalue weighted by Crippen LogP contribution is 2.47. The third-order valence-corrected chi connectivity index (χ3v) is 5.31. The largest absolute Gasteiger partial charge is 0.329 e. The van der Waals surface area contributed by atoms with Gasteiger partial charge in [0, 0.05) is 18.1 Å². The van der Waals surface area contributed by atoms with Crippen molar-refractivity contribution in [2.75, 3.05) is 6.54 Å². The SMILES string of the molecule is CC1CC(C)(C)CC1(CN)NC1CCCCCC1. The second-order valence-electron chi connectivity index (χ2n) is 7.64. The zero-order chi connectivity index (χ0) is 13.2. The zero-order valence-electron chi connectivity index (χ0n) is 12.6. The number of nitrogens with one attached hydrogen (secondary N) is 1. The van der Waals surface area contributed by atoms with Gasteiger partial charge in [0.15, 0.2) is 0 Å². The summed E-state index contributed by atoms with van der Waals surface area (Å²) in [5, 5.41) is 4.00. The Bertz CT molecular complexity index is 266. The molecule has 2 atom stereocenters. The van der Waals surface area contributed by atoms with Gasteiger partial charge in [-0.3, -0.25) is 0 Å². The Hall–Kier alpha value is -0.0800. The topological polar surface area (TPSA) is 38.0 Å². The van der Waals surface area contributed by atoms with Crippen molar-refractivity contribution < 1.29 is 0 Å². The predicted octanol–water partition coefficient (Wildman–Crippen LogP) is 3.45. The van der Waals surface area contributed by atoms with Gasteiger partial charge in [-0.15, -0.1) is 0 Å². The summed E-state index contributed by atoms with van der Waals surface area (Å²) in [5.74, 6) is 0.709. The Morgan fingerprint density at radius 3 is 2.17 bits per heavy atom. The van der Waals surface area contributed by atoms with Crippen molar-refractivity contribution >= 4 is 0 Å². The smallest absolute Gasteiger partial charge is 0.0337 e. The summed E-state index contributed by atoms with van der Waals surface area (Å²) >= 11 is 0. The second kappa shape index (κ2) is 5.50. The van der Waals surface area contributed by atoms with Crippen LogP contribution in [0.1, 0.15) is 72.1 Å². The first-order valence-electron chi connectivity index (χ1n) is 7.95. The van der Waals surface area contributed by atoms with Gasteiger partial charge in [-0.25, -0.2) is 0 Å². The number of hydrogen-bond acceptors (Lipinski definition) is 2. The molecule has 0 bridgehead atoms. The lowest BCUT2D eigenvalue weighted by Gasteiger charge is -2.38. The third-order valence-electron chi connectivity index (χ3n) is 5.31. The lowest BCUT2D eigenvalue weighted by Crippen LogP contribution is -2.57. The summed E-state index contributed by atoms with van der Waals surface area (Å²) < 4.78 is 0. The molecule has 0 radical (unpaired) electrons. The Kier molecular flexibility index (Phi) is 4.38. The van der Waals surface area contributed by atoms with Gasteiger partial charge in [0.1, 0.15) is 0 Å². The maximum atomic E-state index is 6.17. The first-order valence-corrected chi connectivity index (χ1v) is 7.95. The molecule has 2 fully saturated rings. The van der Waals surface area contributed by atoms with Gasteiger partial charge in [-0.05, 0) is 37.0 Å². The van der Waals surface area contributed by atoms with Gasteiger partial charge >= 0.3 is 0 Å². The van der Waals surface area contributed by atoms with Gasteiger partial charge in [0.25, 0.3) is 0 Å². The van der Waals surface area contributed by atoms with Gasteiger partial charge in [0.2, 0.25) is 0 Å². The molecule has 0 aromatic carbocycles. The van der Waals surface area contributed by atoms with E-state index in [0.29, 0.717) is 17.4 Å². The van der Waals surface area contributed by atoms with Crippen molar-refractivity contribution in [3.05, 3.63) is 0 Å². The maximum absolute atomic E-state index is 6.17. The standard InChI is InChI=1S/C16H32N2/c1-13-10-15(2,3)11-16(13,12-17)18-14-8-6-4-5-7-9-14/h13-14,18H,4-12,17H2,1-3H3. The minimum Gasteiger partial charge on any atom is -0.329 e. The highest BCUT2D eigenvalue weighted by molar-refractivity contribution is 5.06. The van der Waals surface area contributed by atoms with E-state index in [2.05, 4.69) is 26.1 Å². The van der Waals surface area contributed by atoms with Gasteiger partial charge in [-0.1, -0.05) is 46.5 Å². The molecule has 106 valence electrons. The Labute approximate surface area is 113 Å². The van der Waals surface area contributed by atoms with Gasteiger partial charge in [0.05, 0.1) is 0 Å².